The van der Waals surface area contributed by atoms with E-state index in [0.29, 0.717) is 13.1 Å². The summed E-state index contributed by atoms with van der Waals surface area (Å²) in [6, 6.07) is 14.1. The summed E-state index contributed by atoms with van der Waals surface area (Å²) in [6.45, 7) is 1.04. The fourth-order valence-corrected chi connectivity index (χ4v) is 5.03. The van der Waals surface area contributed by atoms with Crippen LogP contribution in [0.4, 0.5) is 11.4 Å². The maximum absolute atomic E-state index is 12.9. The Balaban J connectivity index is 1.66. The number of carbonyl (C=O) groups is 1. The molecule has 1 amide bonds. The number of nitriles is 1. The maximum atomic E-state index is 12.9. The molecule has 5 rings (SSSR count). The smallest absolute Gasteiger partial charge is 0.238 e. The van der Waals surface area contributed by atoms with Crippen molar-refractivity contribution in [2.75, 3.05) is 23.3 Å². The molecule has 3 aromatic rings. The Bertz CT molecular complexity index is 1050. The molecule has 25 heavy (non-hydrogen) atoms. The highest BCUT2D eigenvalue weighted by molar-refractivity contribution is 7.17. The molecule has 1 saturated heterocycles. The number of aromatic nitrogens is 1. The molecule has 1 aromatic carbocycles. The van der Waals surface area contributed by atoms with Crippen molar-refractivity contribution in [3.05, 3.63) is 53.5 Å². The van der Waals surface area contributed by atoms with Gasteiger partial charge in [-0.3, -0.25) is 9.78 Å². The van der Waals surface area contributed by atoms with Crippen LogP contribution in [0.3, 0.4) is 0 Å². The highest BCUT2D eigenvalue weighted by Gasteiger charge is 2.58. The summed E-state index contributed by atoms with van der Waals surface area (Å²) in [5, 5.41) is 14.8. The summed E-state index contributed by atoms with van der Waals surface area (Å²) in [5.41, 5.74) is 2.96. The van der Waals surface area contributed by atoms with Gasteiger partial charge in [0.15, 0.2) is 0 Å². The van der Waals surface area contributed by atoms with Crippen molar-refractivity contribution in [1.82, 2.24) is 4.98 Å². The van der Waals surface area contributed by atoms with E-state index in [-0.39, 0.29) is 11.8 Å². The van der Waals surface area contributed by atoms with Gasteiger partial charge >= 0.3 is 0 Å². The van der Waals surface area contributed by atoms with E-state index in [4.69, 9.17) is 0 Å². The SMILES string of the molecule is N#C[C@H]1CN(c2ccnc3ccsc23)C[C@@]12C(=O)Nc1ccccc12. The molecule has 6 heteroatoms. The molecular weight excluding hydrogens is 332 g/mol. The van der Waals surface area contributed by atoms with Crippen LogP contribution in [0.5, 0.6) is 0 Å². The van der Waals surface area contributed by atoms with Crippen LogP contribution in [0.2, 0.25) is 0 Å². The normalized spacial score (nSPS) is 24.5. The van der Waals surface area contributed by atoms with Crippen molar-refractivity contribution >= 4 is 38.8 Å². The van der Waals surface area contributed by atoms with Gasteiger partial charge in [-0.25, -0.2) is 0 Å². The summed E-state index contributed by atoms with van der Waals surface area (Å²) in [7, 11) is 0. The number of anilines is 2. The third-order valence-corrected chi connectivity index (χ3v) is 6.24. The van der Waals surface area contributed by atoms with E-state index >= 15 is 0 Å². The highest BCUT2D eigenvalue weighted by atomic mass is 32.1. The molecule has 5 nitrogen and oxygen atoms in total. The maximum Gasteiger partial charge on any atom is 0.238 e. The quantitative estimate of drug-likeness (QED) is 0.735. The second-order valence-electron chi connectivity index (χ2n) is 6.50. The van der Waals surface area contributed by atoms with Crippen LogP contribution in [0.15, 0.2) is 48.0 Å². The number of carbonyl (C=O) groups excluding carboxylic acids is 1. The van der Waals surface area contributed by atoms with Gasteiger partial charge in [0, 0.05) is 25.0 Å². The van der Waals surface area contributed by atoms with Crippen molar-refractivity contribution in [1.29, 1.82) is 5.26 Å². The molecule has 2 aliphatic rings. The second-order valence-corrected chi connectivity index (χ2v) is 7.41. The Labute approximate surface area is 148 Å². The van der Waals surface area contributed by atoms with E-state index in [1.165, 1.54) is 0 Å². The molecule has 0 unspecified atom stereocenters. The van der Waals surface area contributed by atoms with E-state index in [9.17, 15) is 10.1 Å². The van der Waals surface area contributed by atoms with Gasteiger partial charge in [0.25, 0.3) is 0 Å². The molecule has 0 radical (unpaired) electrons. The first-order valence-corrected chi connectivity index (χ1v) is 9.00. The third kappa shape index (κ3) is 1.81. The number of amides is 1. The average molecular weight is 346 g/mol. The van der Waals surface area contributed by atoms with Gasteiger partial charge < -0.3 is 10.2 Å². The first-order valence-electron chi connectivity index (χ1n) is 8.12. The lowest BCUT2D eigenvalue weighted by atomic mass is 9.74. The summed E-state index contributed by atoms with van der Waals surface area (Å²) in [4.78, 5) is 19.5. The molecular formula is C19H14N4OS. The van der Waals surface area contributed by atoms with Gasteiger partial charge in [0.2, 0.25) is 5.91 Å². The van der Waals surface area contributed by atoms with Crippen LogP contribution in [0, 0.1) is 17.2 Å². The van der Waals surface area contributed by atoms with E-state index in [0.717, 1.165) is 27.2 Å². The zero-order chi connectivity index (χ0) is 17.0. The number of nitrogens with one attached hydrogen (secondary N) is 1. The number of hydrogen-bond acceptors (Lipinski definition) is 5. The van der Waals surface area contributed by atoms with Gasteiger partial charge in [-0.1, -0.05) is 18.2 Å². The third-order valence-electron chi connectivity index (χ3n) is 5.32. The predicted molar refractivity (Wildman–Crippen MR) is 97.7 cm³/mol. The number of fused-ring (bicyclic) bond motifs is 3. The number of rotatable bonds is 1. The van der Waals surface area contributed by atoms with Crippen molar-refractivity contribution in [2.45, 2.75) is 5.41 Å². The van der Waals surface area contributed by atoms with E-state index in [1.54, 1.807) is 17.5 Å². The monoisotopic (exact) mass is 346 g/mol. The van der Waals surface area contributed by atoms with Gasteiger partial charge in [0.1, 0.15) is 5.41 Å². The number of para-hydroxylation sites is 1. The van der Waals surface area contributed by atoms with Crippen LogP contribution in [0.25, 0.3) is 10.2 Å². The molecule has 4 heterocycles. The first kappa shape index (κ1) is 14.4. The molecule has 1 spiro atoms. The molecule has 0 bridgehead atoms. The molecule has 0 saturated carbocycles. The van der Waals surface area contributed by atoms with E-state index < -0.39 is 5.41 Å². The fraction of sp³-hybridized carbons (Fsp3) is 0.211. The molecule has 2 aliphatic heterocycles. The minimum absolute atomic E-state index is 0.0702. The lowest BCUT2D eigenvalue weighted by Crippen LogP contribution is -2.41. The van der Waals surface area contributed by atoms with E-state index in [2.05, 4.69) is 21.3 Å². The summed E-state index contributed by atoms with van der Waals surface area (Å²) in [5.74, 6) is -0.460. The lowest BCUT2D eigenvalue weighted by molar-refractivity contribution is -0.120. The Morgan fingerprint density at radius 1 is 1.32 bits per heavy atom. The Kier molecular flexibility index (Phi) is 2.91. The molecule has 0 aliphatic carbocycles. The Morgan fingerprint density at radius 2 is 2.20 bits per heavy atom. The van der Waals surface area contributed by atoms with Crippen molar-refractivity contribution in [3.63, 3.8) is 0 Å². The highest BCUT2D eigenvalue weighted by Crippen LogP contribution is 2.49. The average Bonchev–Trinajstić information content (AvgIpc) is 3.33. The van der Waals surface area contributed by atoms with Gasteiger partial charge in [-0.2, -0.15) is 5.26 Å². The van der Waals surface area contributed by atoms with Gasteiger partial charge in [0.05, 0.1) is 27.9 Å². The van der Waals surface area contributed by atoms with Gasteiger partial charge in [-0.15, -0.1) is 11.3 Å². The van der Waals surface area contributed by atoms with Crippen molar-refractivity contribution < 1.29 is 4.79 Å². The van der Waals surface area contributed by atoms with Crippen molar-refractivity contribution in [2.24, 2.45) is 5.92 Å². The minimum atomic E-state index is -0.807. The zero-order valence-corrected chi connectivity index (χ0v) is 14.1. The predicted octanol–water partition coefficient (Wildman–Crippen LogP) is 3.15. The van der Waals surface area contributed by atoms with E-state index in [1.807, 2.05) is 41.8 Å². The van der Waals surface area contributed by atoms with Crippen molar-refractivity contribution in [3.8, 4) is 6.07 Å². The largest absolute Gasteiger partial charge is 0.367 e. The molecule has 1 N–H and O–H groups in total. The Morgan fingerprint density at radius 3 is 3.08 bits per heavy atom. The number of thiophene rings is 1. The standard InChI is InChI=1S/C19H14N4OS/c20-9-12-10-23(16-5-7-21-15-6-8-25-17(15)16)11-19(12)13-3-1-2-4-14(13)22-18(19)24/h1-8,12H,10-11H2,(H,22,24)/t12-,19+/m0/s1. The lowest BCUT2D eigenvalue weighted by Gasteiger charge is -2.25. The molecule has 2 atom stereocenters. The van der Waals surface area contributed by atoms with Crippen LogP contribution in [0.1, 0.15) is 5.56 Å². The van der Waals surface area contributed by atoms with Crippen LogP contribution < -0.4 is 10.2 Å². The molecule has 122 valence electrons. The number of hydrogen-bond donors (Lipinski definition) is 1. The zero-order valence-electron chi connectivity index (χ0n) is 13.3. The number of pyridine rings is 1. The second kappa shape index (κ2) is 5.04. The first-order chi connectivity index (χ1) is 12.2. The molecule has 1 fully saturated rings. The summed E-state index contributed by atoms with van der Waals surface area (Å²) >= 11 is 1.64. The van der Waals surface area contributed by atoms with Crippen LogP contribution in [-0.4, -0.2) is 24.0 Å². The number of nitrogens with zero attached hydrogens (tertiary/aromatic N) is 3. The van der Waals surface area contributed by atoms with Crippen LogP contribution >= 0.6 is 11.3 Å². The minimum Gasteiger partial charge on any atom is -0.367 e. The molecule has 2 aromatic heterocycles. The summed E-state index contributed by atoms with van der Waals surface area (Å²) < 4.78 is 1.10. The van der Waals surface area contributed by atoms with Gasteiger partial charge in [-0.05, 0) is 29.1 Å². The fourth-order valence-electron chi connectivity index (χ4n) is 4.14. The van der Waals surface area contributed by atoms with Crippen LogP contribution in [-0.2, 0) is 10.2 Å². The topological polar surface area (TPSA) is 69.0 Å². The number of benzene rings is 1. The Hall–Kier alpha value is -2.91. The summed E-state index contributed by atoms with van der Waals surface area (Å²) in [6.07, 6.45) is 1.79.